The number of carbonyl (C=O) groups excluding carboxylic acids is 1. The normalized spacial score (nSPS) is 11.1. The molecule has 0 atom stereocenters. The third kappa shape index (κ3) is 6.10. The van der Waals surface area contributed by atoms with Crippen molar-refractivity contribution >= 4 is 23.5 Å². The van der Waals surface area contributed by atoms with Crippen LogP contribution in [0, 0.1) is 17.7 Å². The van der Waals surface area contributed by atoms with Crippen LogP contribution in [-0.4, -0.2) is 45.2 Å². The van der Waals surface area contributed by atoms with Gasteiger partial charge in [-0.25, -0.2) is 0 Å². The highest BCUT2D eigenvalue weighted by Crippen LogP contribution is 2.12. The average molecular weight is 447 g/mol. The van der Waals surface area contributed by atoms with Crippen LogP contribution in [0.5, 0.6) is 0 Å². The molecule has 1 amide bonds. The molecule has 0 bridgehead atoms. The fourth-order valence-electron chi connectivity index (χ4n) is 2.77. The van der Waals surface area contributed by atoms with Gasteiger partial charge in [0.15, 0.2) is 11.5 Å². The number of hydrogen-bond donors (Lipinski definition) is 3. The molecule has 3 rings (SSSR count). The van der Waals surface area contributed by atoms with Crippen LogP contribution < -0.4 is 5.32 Å². The van der Waals surface area contributed by atoms with E-state index in [9.17, 15) is 4.79 Å². The quantitative estimate of drug-likeness (QED) is 0.288. The minimum atomic E-state index is -0.192. The van der Waals surface area contributed by atoms with Gasteiger partial charge in [-0.05, 0) is 45.0 Å². The van der Waals surface area contributed by atoms with Crippen molar-refractivity contribution in [1.29, 1.82) is 10.8 Å². The number of rotatable bonds is 7. The van der Waals surface area contributed by atoms with Gasteiger partial charge in [0.05, 0.1) is 11.3 Å². The number of amidine groups is 2. The lowest BCUT2D eigenvalue weighted by Crippen LogP contribution is -2.32. The number of nitrogens with zero attached hydrogens (tertiary/aromatic N) is 4. The number of aryl methyl sites for hydroxylation is 1. The molecule has 33 heavy (non-hydrogen) atoms. The topological polar surface area (TPSA) is 141 Å². The lowest BCUT2D eigenvalue weighted by molar-refractivity contribution is 0.0955. The van der Waals surface area contributed by atoms with Crippen LogP contribution in [0.15, 0.2) is 64.4 Å². The maximum absolute atomic E-state index is 11.9. The first-order chi connectivity index (χ1) is 15.9. The molecule has 2 heterocycles. The number of nitrogens with one attached hydrogen (secondary N) is 3. The molecule has 0 radical (unpaired) electrons. The van der Waals surface area contributed by atoms with Crippen LogP contribution in [0.25, 0.3) is 0 Å². The molecule has 10 heteroatoms. The Hall–Kier alpha value is -4.34. The summed E-state index contributed by atoms with van der Waals surface area (Å²) < 4.78 is 11.0. The van der Waals surface area contributed by atoms with Gasteiger partial charge in [0.25, 0.3) is 5.91 Å². The molecule has 170 valence electrons. The molecule has 10 nitrogen and oxygen atoms in total. The zero-order valence-corrected chi connectivity index (χ0v) is 18.6. The van der Waals surface area contributed by atoms with E-state index < -0.39 is 0 Å². The number of hydrogen-bond acceptors (Lipinski definition) is 8. The maximum Gasteiger partial charge on any atom is 0.252 e. The van der Waals surface area contributed by atoms with Gasteiger partial charge < -0.3 is 14.6 Å². The zero-order chi connectivity index (χ0) is 23.8. The van der Waals surface area contributed by atoms with E-state index in [1.165, 1.54) is 13.1 Å². The van der Waals surface area contributed by atoms with Gasteiger partial charge in [-0.1, -0.05) is 23.4 Å². The van der Waals surface area contributed by atoms with Crippen molar-refractivity contribution in [3.05, 3.63) is 83.0 Å². The Morgan fingerprint density at radius 2 is 1.94 bits per heavy atom. The molecule has 3 N–H and O–H groups in total. The molecule has 0 spiro atoms. The highest BCUT2D eigenvalue weighted by atomic mass is 16.5. The van der Waals surface area contributed by atoms with Gasteiger partial charge in [0.1, 0.15) is 18.2 Å². The standard InChI is InChI=1S/C23H25N7O3/c1-4-26-22(31)18-10-11-19(27-13-18)14-32-23(17-8-6-5-7-9-17)28-30(16(3)24)21(25)20-12-15(2)33-29-20/h5-13,24-25H,4,14H2,1-3H3,(H,26,31)/b24-16?,25-21?,28-23+. The number of carbonyl (C=O) groups is 1. The van der Waals surface area contributed by atoms with Crippen LogP contribution in [0.2, 0.25) is 0 Å². The third-order valence-corrected chi connectivity index (χ3v) is 4.39. The highest BCUT2D eigenvalue weighted by Gasteiger charge is 2.19. The van der Waals surface area contributed by atoms with Crippen molar-refractivity contribution in [3.8, 4) is 0 Å². The van der Waals surface area contributed by atoms with E-state index in [1.807, 2.05) is 37.3 Å². The molecule has 1 aromatic carbocycles. The summed E-state index contributed by atoms with van der Waals surface area (Å²) in [5.41, 5.74) is 1.95. The summed E-state index contributed by atoms with van der Waals surface area (Å²) in [5.74, 6) is 0.426. The van der Waals surface area contributed by atoms with Crippen molar-refractivity contribution in [1.82, 2.24) is 20.5 Å². The maximum atomic E-state index is 11.9. The van der Waals surface area contributed by atoms with E-state index >= 15 is 0 Å². The van der Waals surface area contributed by atoms with Crippen LogP contribution in [-0.2, 0) is 11.3 Å². The molecule has 0 aliphatic heterocycles. The number of ether oxygens (including phenoxy) is 1. The predicted octanol–water partition coefficient (Wildman–Crippen LogP) is 3.33. The first kappa shape index (κ1) is 23.3. The minimum absolute atomic E-state index is 0.00194. The second kappa shape index (κ2) is 10.8. The Kier molecular flexibility index (Phi) is 7.64. The van der Waals surface area contributed by atoms with Crippen molar-refractivity contribution in [2.45, 2.75) is 27.4 Å². The highest BCUT2D eigenvalue weighted by molar-refractivity contribution is 6.06. The van der Waals surface area contributed by atoms with Gasteiger partial charge >= 0.3 is 0 Å². The zero-order valence-electron chi connectivity index (χ0n) is 18.6. The number of amides is 1. The molecular weight excluding hydrogens is 422 g/mol. The minimum Gasteiger partial charge on any atom is -0.470 e. The fraction of sp³-hybridized carbons (Fsp3) is 0.217. The number of benzene rings is 1. The van der Waals surface area contributed by atoms with Gasteiger partial charge in [0.2, 0.25) is 5.90 Å². The Morgan fingerprint density at radius 3 is 2.52 bits per heavy atom. The first-order valence-corrected chi connectivity index (χ1v) is 10.3. The van der Waals surface area contributed by atoms with E-state index in [1.54, 1.807) is 25.1 Å². The van der Waals surface area contributed by atoms with E-state index in [0.717, 1.165) is 5.01 Å². The van der Waals surface area contributed by atoms with Gasteiger partial charge in [-0.3, -0.25) is 20.6 Å². The van der Waals surface area contributed by atoms with E-state index in [0.29, 0.717) is 29.1 Å². The molecule has 0 unspecified atom stereocenters. The van der Waals surface area contributed by atoms with Crippen LogP contribution in [0.4, 0.5) is 0 Å². The Bertz CT molecular complexity index is 1150. The van der Waals surface area contributed by atoms with Crippen LogP contribution >= 0.6 is 0 Å². The monoisotopic (exact) mass is 447 g/mol. The van der Waals surface area contributed by atoms with Crippen molar-refractivity contribution in [3.63, 3.8) is 0 Å². The first-order valence-electron chi connectivity index (χ1n) is 10.3. The third-order valence-electron chi connectivity index (χ3n) is 4.39. The molecule has 2 aromatic heterocycles. The van der Waals surface area contributed by atoms with E-state index in [4.69, 9.17) is 20.1 Å². The second-order valence-electron chi connectivity index (χ2n) is 7.03. The molecule has 0 aliphatic carbocycles. The van der Waals surface area contributed by atoms with Crippen LogP contribution in [0.3, 0.4) is 0 Å². The summed E-state index contributed by atoms with van der Waals surface area (Å²) >= 11 is 0. The second-order valence-corrected chi connectivity index (χ2v) is 7.03. The van der Waals surface area contributed by atoms with E-state index in [2.05, 4.69) is 20.6 Å². The largest absolute Gasteiger partial charge is 0.470 e. The summed E-state index contributed by atoms with van der Waals surface area (Å²) in [6.07, 6.45) is 1.49. The summed E-state index contributed by atoms with van der Waals surface area (Å²) in [6, 6.07) is 14.1. The number of pyridine rings is 1. The average Bonchev–Trinajstić information content (AvgIpc) is 3.26. The van der Waals surface area contributed by atoms with Gasteiger partial charge in [-0.15, -0.1) is 5.10 Å². The summed E-state index contributed by atoms with van der Waals surface area (Å²) in [5, 5.41) is 28.6. The van der Waals surface area contributed by atoms with E-state index in [-0.39, 0.29) is 35.8 Å². The van der Waals surface area contributed by atoms with Crippen molar-refractivity contribution in [2.75, 3.05) is 6.54 Å². The molecular formula is C23H25N7O3. The molecule has 0 aliphatic rings. The number of aromatic nitrogens is 2. The Balaban J connectivity index is 1.85. The number of hydrazone groups is 1. The van der Waals surface area contributed by atoms with Gasteiger partial charge in [-0.2, -0.15) is 5.01 Å². The fourth-order valence-corrected chi connectivity index (χ4v) is 2.77. The smallest absolute Gasteiger partial charge is 0.252 e. The Morgan fingerprint density at radius 1 is 1.18 bits per heavy atom. The summed E-state index contributed by atoms with van der Waals surface area (Å²) in [6.45, 7) is 5.68. The SMILES string of the molecule is CCNC(=O)c1ccc(CO/C(=N/N(C(C)=N)C(=N)c2cc(C)on2)c2ccccc2)nc1. The van der Waals surface area contributed by atoms with Gasteiger partial charge in [0, 0.05) is 24.4 Å². The molecule has 3 aromatic rings. The summed E-state index contributed by atoms with van der Waals surface area (Å²) in [7, 11) is 0. The summed E-state index contributed by atoms with van der Waals surface area (Å²) in [4.78, 5) is 16.2. The molecule has 0 saturated heterocycles. The van der Waals surface area contributed by atoms with Crippen molar-refractivity contribution in [2.24, 2.45) is 5.10 Å². The lowest BCUT2D eigenvalue weighted by Gasteiger charge is -2.19. The van der Waals surface area contributed by atoms with Crippen LogP contribution in [0.1, 0.15) is 46.9 Å². The lowest BCUT2D eigenvalue weighted by atomic mass is 10.2. The van der Waals surface area contributed by atoms with Crippen molar-refractivity contribution < 1.29 is 14.1 Å². The molecule has 0 saturated carbocycles. The Labute approximate surface area is 191 Å². The predicted molar refractivity (Wildman–Crippen MR) is 123 cm³/mol. The molecule has 0 fully saturated rings.